The Morgan fingerprint density at radius 1 is 1.35 bits per heavy atom. The molecule has 0 unspecified atom stereocenters. The van der Waals surface area contributed by atoms with Gasteiger partial charge in [0.15, 0.2) is 0 Å². The Kier molecular flexibility index (Phi) is 4.94. The van der Waals surface area contributed by atoms with Crippen LogP contribution < -0.4 is 10.2 Å². The van der Waals surface area contributed by atoms with Gasteiger partial charge in [-0.25, -0.2) is 5.43 Å². The van der Waals surface area contributed by atoms with Crippen molar-refractivity contribution in [2.45, 2.75) is 13.3 Å². The minimum absolute atomic E-state index is 0.320. The van der Waals surface area contributed by atoms with Gasteiger partial charge in [-0.2, -0.15) is 5.10 Å². The lowest BCUT2D eigenvalue weighted by Gasteiger charge is -2.09. The van der Waals surface area contributed by atoms with Crippen molar-refractivity contribution in [2.75, 3.05) is 6.61 Å². The number of hydrazone groups is 1. The van der Waals surface area contributed by atoms with Crippen LogP contribution in [-0.2, 0) is 0 Å². The first-order chi connectivity index (χ1) is 9.81. The number of carbonyl (C=O) groups excluding carboxylic acids is 1. The molecule has 0 saturated heterocycles. The summed E-state index contributed by atoms with van der Waals surface area (Å²) in [6.45, 7) is 2.58. The Labute approximate surface area is 117 Å². The zero-order valence-electron chi connectivity index (χ0n) is 11.2. The van der Waals surface area contributed by atoms with Crippen molar-refractivity contribution in [1.29, 1.82) is 0 Å². The van der Waals surface area contributed by atoms with E-state index in [1.165, 1.54) is 12.5 Å². The molecule has 5 heteroatoms. The third kappa shape index (κ3) is 3.71. The van der Waals surface area contributed by atoms with Gasteiger partial charge >= 0.3 is 0 Å². The molecule has 0 fully saturated rings. The Balaban J connectivity index is 2.01. The second kappa shape index (κ2) is 7.13. The summed E-state index contributed by atoms with van der Waals surface area (Å²) < 4.78 is 10.6. The zero-order chi connectivity index (χ0) is 14.2. The molecule has 20 heavy (non-hydrogen) atoms. The monoisotopic (exact) mass is 272 g/mol. The van der Waals surface area contributed by atoms with Gasteiger partial charge in [0, 0.05) is 0 Å². The van der Waals surface area contributed by atoms with Gasteiger partial charge in [0.1, 0.15) is 11.5 Å². The van der Waals surface area contributed by atoms with Gasteiger partial charge in [-0.15, -0.1) is 0 Å². The highest BCUT2D eigenvalue weighted by molar-refractivity contribution is 5.97. The van der Waals surface area contributed by atoms with Gasteiger partial charge in [-0.3, -0.25) is 4.79 Å². The first-order valence-electron chi connectivity index (χ1n) is 6.40. The average Bonchev–Trinajstić information content (AvgIpc) is 2.98. The lowest BCUT2D eigenvalue weighted by atomic mass is 10.2. The van der Waals surface area contributed by atoms with E-state index in [1.54, 1.807) is 30.3 Å². The van der Waals surface area contributed by atoms with E-state index in [-0.39, 0.29) is 5.91 Å². The Bertz CT molecular complexity index is 577. The molecule has 104 valence electrons. The van der Waals surface area contributed by atoms with Gasteiger partial charge in [0.05, 0.1) is 24.6 Å². The zero-order valence-corrected chi connectivity index (χ0v) is 11.2. The fourth-order valence-electron chi connectivity index (χ4n) is 1.57. The first kappa shape index (κ1) is 13.9. The molecule has 0 bridgehead atoms. The summed E-state index contributed by atoms with van der Waals surface area (Å²) in [5, 5.41) is 3.84. The number of hydrogen-bond acceptors (Lipinski definition) is 4. The third-order valence-corrected chi connectivity index (χ3v) is 2.49. The van der Waals surface area contributed by atoms with Crippen molar-refractivity contribution in [2.24, 2.45) is 5.10 Å². The molecular weight excluding hydrogens is 256 g/mol. The number of ether oxygens (including phenoxy) is 1. The predicted octanol–water partition coefficient (Wildman–Crippen LogP) is 2.83. The van der Waals surface area contributed by atoms with E-state index >= 15 is 0 Å². The van der Waals surface area contributed by atoms with E-state index in [2.05, 4.69) is 10.5 Å². The average molecular weight is 272 g/mol. The normalized spacial score (nSPS) is 10.7. The highest BCUT2D eigenvalue weighted by atomic mass is 16.5. The molecule has 0 aliphatic carbocycles. The number of para-hydroxylation sites is 1. The molecule has 1 aromatic carbocycles. The maximum absolute atomic E-state index is 12.0. The molecule has 1 aromatic heterocycles. The molecule has 1 N–H and O–H groups in total. The predicted molar refractivity (Wildman–Crippen MR) is 76.0 cm³/mol. The smallest absolute Gasteiger partial charge is 0.275 e. The second-order valence-corrected chi connectivity index (χ2v) is 4.06. The van der Waals surface area contributed by atoms with Crippen LogP contribution in [0.2, 0.25) is 0 Å². The maximum Gasteiger partial charge on any atom is 0.275 e. The van der Waals surface area contributed by atoms with E-state index in [0.717, 1.165) is 6.42 Å². The molecule has 0 aliphatic rings. The molecular formula is C15H16N2O3. The fraction of sp³-hybridized carbons (Fsp3) is 0.200. The maximum atomic E-state index is 12.0. The number of amides is 1. The largest absolute Gasteiger partial charge is 0.493 e. The molecule has 0 saturated carbocycles. The molecule has 2 aromatic rings. The number of furan rings is 1. The summed E-state index contributed by atoms with van der Waals surface area (Å²) in [5.41, 5.74) is 2.90. The first-order valence-corrected chi connectivity index (χ1v) is 6.40. The summed E-state index contributed by atoms with van der Waals surface area (Å²) in [5.74, 6) is 0.806. The van der Waals surface area contributed by atoms with Gasteiger partial charge in [-0.05, 0) is 30.7 Å². The van der Waals surface area contributed by atoms with Gasteiger partial charge in [0.2, 0.25) is 0 Å². The fourth-order valence-corrected chi connectivity index (χ4v) is 1.57. The standard InChI is InChI=1S/C15H16N2O3/c1-2-9-20-14-8-4-3-7-13(14)15(18)17-16-11-12-6-5-10-19-12/h3-8,10-11H,2,9H2,1H3,(H,17,18)/b16-11+. The van der Waals surface area contributed by atoms with Crippen molar-refractivity contribution in [3.05, 3.63) is 54.0 Å². The summed E-state index contributed by atoms with van der Waals surface area (Å²) in [6.07, 6.45) is 3.86. The Morgan fingerprint density at radius 3 is 2.95 bits per heavy atom. The third-order valence-electron chi connectivity index (χ3n) is 2.49. The van der Waals surface area contributed by atoms with Crippen molar-refractivity contribution in [3.8, 4) is 5.75 Å². The van der Waals surface area contributed by atoms with E-state index in [1.807, 2.05) is 13.0 Å². The summed E-state index contributed by atoms with van der Waals surface area (Å²) in [6, 6.07) is 10.6. The number of benzene rings is 1. The summed E-state index contributed by atoms with van der Waals surface area (Å²) in [4.78, 5) is 12.0. The molecule has 0 spiro atoms. The molecule has 1 amide bonds. The minimum Gasteiger partial charge on any atom is -0.493 e. The Morgan fingerprint density at radius 2 is 2.20 bits per heavy atom. The van der Waals surface area contributed by atoms with Crippen LogP contribution in [0.4, 0.5) is 0 Å². The van der Waals surface area contributed by atoms with Crippen molar-refractivity contribution < 1.29 is 13.9 Å². The quantitative estimate of drug-likeness (QED) is 0.649. The van der Waals surface area contributed by atoms with Crippen LogP contribution in [0.3, 0.4) is 0 Å². The number of rotatable bonds is 6. The lowest BCUT2D eigenvalue weighted by Crippen LogP contribution is -2.18. The second-order valence-electron chi connectivity index (χ2n) is 4.06. The topological polar surface area (TPSA) is 63.8 Å². The number of nitrogens with zero attached hydrogens (tertiary/aromatic N) is 1. The lowest BCUT2D eigenvalue weighted by molar-refractivity contribution is 0.0951. The van der Waals surface area contributed by atoms with Crippen molar-refractivity contribution in [1.82, 2.24) is 5.43 Å². The van der Waals surface area contributed by atoms with E-state index < -0.39 is 0 Å². The SMILES string of the molecule is CCCOc1ccccc1C(=O)N/N=C/c1ccco1. The van der Waals surface area contributed by atoms with Crippen LogP contribution in [0.5, 0.6) is 5.75 Å². The van der Waals surface area contributed by atoms with Gasteiger partial charge < -0.3 is 9.15 Å². The number of hydrogen-bond donors (Lipinski definition) is 1. The Hall–Kier alpha value is -2.56. The molecule has 1 heterocycles. The molecule has 0 radical (unpaired) electrons. The van der Waals surface area contributed by atoms with E-state index in [4.69, 9.17) is 9.15 Å². The molecule has 5 nitrogen and oxygen atoms in total. The van der Waals surface area contributed by atoms with Crippen LogP contribution in [-0.4, -0.2) is 18.7 Å². The molecule has 0 aliphatic heterocycles. The number of nitrogens with one attached hydrogen (secondary N) is 1. The van der Waals surface area contributed by atoms with Gasteiger partial charge in [0.25, 0.3) is 5.91 Å². The summed E-state index contributed by atoms with van der Waals surface area (Å²) >= 11 is 0. The van der Waals surface area contributed by atoms with Crippen molar-refractivity contribution >= 4 is 12.1 Å². The van der Waals surface area contributed by atoms with E-state index in [9.17, 15) is 4.79 Å². The molecule has 2 rings (SSSR count). The minimum atomic E-state index is -0.320. The van der Waals surface area contributed by atoms with Crippen LogP contribution in [0, 0.1) is 0 Å². The van der Waals surface area contributed by atoms with Crippen LogP contribution in [0.1, 0.15) is 29.5 Å². The van der Waals surface area contributed by atoms with E-state index in [0.29, 0.717) is 23.7 Å². The highest BCUT2D eigenvalue weighted by Gasteiger charge is 2.10. The van der Waals surface area contributed by atoms with Crippen LogP contribution in [0.25, 0.3) is 0 Å². The summed E-state index contributed by atoms with van der Waals surface area (Å²) in [7, 11) is 0. The van der Waals surface area contributed by atoms with Crippen LogP contribution in [0.15, 0.2) is 52.2 Å². The van der Waals surface area contributed by atoms with Gasteiger partial charge in [-0.1, -0.05) is 19.1 Å². The number of carbonyl (C=O) groups is 1. The molecule has 0 atom stereocenters. The van der Waals surface area contributed by atoms with Crippen molar-refractivity contribution in [3.63, 3.8) is 0 Å². The highest BCUT2D eigenvalue weighted by Crippen LogP contribution is 2.17. The van der Waals surface area contributed by atoms with Crippen LogP contribution >= 0.6 is 0 Å².